The first-order chi connectivity index (χ1) is 9.83. The molecule has 0 fully saturated rings. The smallest absolute Gasteiger partial charge is 0.141 e. The van der Waals surface area contributed by atoms with Crippen LogP contribution in [0.25, 0.3) is 11.3 Å². The molecule has 0 atom stereocenters. The van der Waals surface area contributed by atoms with E-state index in [-0.39, 0.29) is 5.75 Å². The zero-order valence-electron chi connectivity index (χ0n) is 10.7. The Morgan fingerprint density at radius 2 is 1.45 bits per heavy atom. The minimum Gasteiger partial charge on any atom is -0.506 e. The minimum atomic E-state index is 0.171. The van der Waals surface area contributed by atoms with Gasteiger partial charge in [0, 0.05) is 11.8 Å². The van der Waals surface area contributed by atoms with Crippen molar-refractivity contribution in [2.75, 3.05) is 0 Å². The molecule has 1 N–H and O–H groups in total. The van der Waals surface area contributed by atoms with E-state index < -0.39 is 0 Å². The van der Waals surface area contributed by atoms with Crippen LogP contribution >= 0.6 is 0 Å². The molecular weight excluding hydrogens is 250 g/mol. The number of para-hydroxylation sites is 1. The Balaban J connectivity index is 1.83. The fourth-order valence-electron chi connectivity index (χ4n) is 1.92. The van der Waals surface area contributed by atoms with Gasteiger partial charge in [0.25, 0.3) is 0 Å². The number of rotatable bonds is 3. The topological polar surface area (TPSA) is 42.4 Å². The maximum absolute atomic E-state index is 9.77. The molecule has 0 aliphatic heterocycles. The lowest BCUT2D eigenvalue weighted by Crippen LogP contribution is -1.86. The van der Waals surface area contributed by atoms with E-state index in [9.17, 15) is 5.11 Å². The zero-order valence-corrected chi connectivity index (χ0v) is 10.7. The molecule has 98 valence electrons. The Bertz CT molecular complexity index is 694. The van der Waals surface area contributed by atoms with Crippen LogP contribution in [-0.4, -0.2) is 10.1 Å². The van der Waals surface area contributed by atoms with Gasteiger partial charge < -0.3 is 9.84 Å². The van der Waals surface area contributed by atoms with Gasteiger partial charge in [-0.2, -0.15) is 0 Å². The standard InChI is InChI=1S/C17H13NO2/c19-16-7-4-12-18-17(16)13-8-10-15(11-9-13)20-14-5-2-1-3-6-14/h1-12,19H. The van der Waals surface area contributed by atoms with Gasteiger partial charge >= 0.3 is 0 Å². The second kappa shape index (κ2) is 5.45. The monoisotopic (exact) mass is 263 g/mol. The van der Waals surface area contributed by atoms with Crippen molar-refractivity contribution in [1.82, 2.24) is 4.98 Å². The van der Waals surface area contributed by atoms with Crippen LogP contribution in [0.3, 0.4) is 0 Å². The number of benzene rings is 2. The molecule has 1 aromatic heterocycles. The molecule has 0 spiro atoms. The number of pyridine rings is 1. The highest BCUT2D eigenvalue weighted by atomic mass is 16.5. The molecule has 0 bridgehead atoms. The van der Waals surface area contributed by atoms with Crippen molar-refractivity contribution in [3.05, 3.63) is 72.9 Å². The normalized spacial score (nSPS) is 10.2. The van der Waals surface area contributed by atoms with Crippen molar-refractivity contribution in [3.8, 4) is 28.5 Å². The highest BCUT2D eigenvalue weighted by Gasteiger charge is 2.05. The van der Waals surface area contributed by atoms with Crippen LogP contribution < -0.4 is 4.74 Å². The average molecular weight is 263 g/mol. The number of hydrogen-bond acceptors (Lipinski definition) is 3. The maximum Gasteiger partial charge on any atom is 0.141 e. The second-order valence-electron chi connectivity index (χ2n) is 4.31. The van der Waals surface area contributed by atoms with E-state index in [1.54, 1.807) is 18.3 Å². The van der Waals surface area contributed by atoms with Crippen LogP contribution in [0.5, 0.6) is 17.2 Å². The third kappa shape index (κ3) is 2.62. The summed E-state index contributed by atoms with van der Waals surface area (Å²) in [5.41, 5.74) is 1.42. The van der Waals surface area contributed by atoms with E-state index in [1.807, 2.05) is 54.6 Å². The number of nitrogens with zero attached hydrogens (tertiary/aromatic N) is 1. The van der Waals surface area contributed by atoms with Gasteiger partial charge in [-0.25, -0.2) is 0 Å². The Kier molecular flexibility index (Phi) is 3.33. The predicted molar refractivity (Wildman–Crippen MR) is 77.9 cm³/mol. The summed E-state index contributed by atoms with van der Waals surface area (Å²) in [6.45, 7) is 0. The summed E-state index contributed by atoms with van der Waals surface area (Å²) in [5, 5.41) is 9.77. The molecule has 1 heterocycles. The van der Waals surface area contributed by atoms with Gasteiger partial charge in [-0.05, 0) is 48.5 Å². The van der Waals surface area contributed by atoms with Gasteiger partial charge in [0.05, 0.1) is 0 Å². The van der Waals surface area contributed by atoms with E-state index in [0.29, 0.717) is 5.69 Å². The molecule has 0 amide bonds. The van der Waals surface area contributed by atoms with Crippen LogP contribution in [0.2, 0.25) is 0 Å². The van der Waals surface area contributed by atoms with Crippen molar-refractivity contribution in [3.63, 3.8) is 0 Å². The van der Waals surface area contributed by atoms with Crippen molar-refractivity contribution < 1.29 is 9.84 Å². The van der Waals surface area contributed by atoms with Crippen LogP contribution in [-0.2, 0) is 0 Å². The van der Waals surface area contributed by atoms with E-state index in [2.05, 4.69) is 4.98 Å². The van der Waals surface area contributed by atoms with Crippen LogP contribution in [0.15, 0.2) is 72.9 Å². The minimum absolute atomic E-state index is 0.171. The van der Waals surface area contributed by atoms with Gasteiger partial charge in [-0.15, -0.1) is 0 Å². The molecule has 3 aromatic rings. The molecule has 3 heteroatoms. The van der Waals surface area contributed by atoms with Crippen LogP contribution in [0.4, 0.5) is 0 Å². The van der Waals surface area contributed by atoms with E-state index in [1.165, 1.54) is 0 Å². The third-order valence-electron chi connectivity index (χ3n) is 2.89. The first-order valence-electron chi connectivity index (χ1n) is 6.30. The summed E-state index contributed by atoms with van der Waals surface area (Å²) < 4.78 is 5.72. The summed E-state index contributed by atoms with van der Waals surface area (Å²) in [5.74, 6) is 1.71. The highest BCUT2D eigenvalue weighted by Crippen LogP contribution is 2.29. The molecule has 20 heavy (non-hydrogen) atoms. The first-order valence-corrected chi connectivity index (χ1v) is 6.30. The van der Waals surface area contributed by atoms with Gasteiger partial charge in [0.15, 0.2) is 0 Å². The Hall–Kier alpha value is -2.81. The second-order valence-corrected chi connectivity index (χ2v) is 4.31. The van der Waals surface area contributed by atoms with E-state index in [0.717, 1.165) is 17.1 Å². The molecule has 0 saturated carbocycles. The van der Waals surface area contributed by atoms with Crippen molar-refractivity contribution in [1.29, 1.82) is 0 Å². The molecule has 0 unspecified atom stereocenters. The Morgan fingerprint density at radius 1 is 0.750 bits per heavy atom. The molecule has 0 aliphatic rings. The summed E-state index contributed by atoms with van der Waals surface area (Å²) in [7, 11) is 0. The van der Waals surface area contributed by atoms with Gasteiger partial charge in [-0.3, -0.25) is 4.98 Å². The van der Waals surface area contributed by atoms with Gasteiger partial charge in [-0.1, -0.05) is 18.2 Å². The summed E-state index contributed by atoms with van der Waals surface area (Å²) in [6.07, 6.45) is 1.66. The molecule has 0 radical (unpaired) electrons. The largest absolute Gasteiger partial charge is 0.506 e. The predicted octanol–water partition coefficient (Wildman–Crippen LogP) is 4.25. The number of hydrogen-bond donors (Lipinski definition) is 1. The Morgan fingerprint density at radius 3 is 2.15 bits per heavy atom. The maximum atomic E-state index is 9.77. The van der Waals surface area contributed by atoms with Gasteiger partial charge in [0.1, 0.15) is 22.9 Å². The zero-order chi connectivity index (χ0) is 13.8. The third-order valence-corrected chi connectivity index (χ3v) is 2.89. The van der Waals surface area contributed by atoms with Gasteiger partial charge in [0.2, 0.25) is 0 Å². The SMILES string of the molecule is Oc1cccnc1-c1ccc(Oc2ccccc2)cc1. The number of ether oxygens (including phenoxy) is 1. The fraction of sp³-hybridized carbons (Fsp3) is 0. The summed E-state index contributed by atoms with van der Waals surface area (Å²) in [6, 6.07) is 20.4. The summed E-state index contributed by atoms with van der Waals surface area (Å²) in [4.78, 5) is 4.17. The summed E-state index contributed by atoms with van der Waals surface area (Å²) >= 11 is 0. The van der Waals surface area contributed by atoms with Crippen LogP contribution in [0, 0.1) is 0 Å². The van der Waals surface area contributed by atoms with Crippen molar-refractivity contribution in [2.45, 2.75) is 0 Å². The van der Waals surface area contributed by atoms with Crippen LogP contribution in [0.1, 0.15) is 0 Å². The molecule has 3 rings (SSSR count). The van der Waals surface area contributed by atoms with Crippen molar-refractivity contribution in [2.24, 2.45) is 0 Å². The average Bonchev–Trinajstić information content (AvgIpc) is 2.50. The number of aromatic nitrogens is 1. The molecular formula is C17H13NO2. The van der Waals surface area contributed by atoms with Crippen molar-refractivity contribution >= 4 is 0 Å². The molecule has 0 aliphatic carbocycles. The fourth-order valence-corrected chi connectivity index (χ4v) is 1.92. The molecule has 2 aromatic carbocycles. The highest BCUT2D eigenvalue weighted by molar-refractivity contribution is 5.66. The number of aromatic hydroxyl groups is 1. The Labute approximate surface area is 117 Å². The lowest BCUT2D eigenvalue weighted by Gasteiger charge is -2.07. The van der Waals surface area contributed by atoms with E-state index >= 15 is 0 Å². The molecule has 3 nitrogen and oxygen atoms in total. The molecule has 0 saturated heterocycles. The lowest BCUT2D eigenvalue weighted by molar-refractivity contribution is 0.474. The first kappa shape index (κ1) is 12.2. The van der Waals surface area contributed by atoms with E-state index in [4.69, 9.17) is 4.74 Å². The lowest BCUT2D eigenvalue weighted by atomic mass is 10.1. The quantitative estimate of drug-likeness (QED) is 0.768.